The number of nitrogens with zero attached hydrogens (tertiary/aromatic N) is 3. The van der Waals surface area contributed by atoms with E-state index in [1.165, 1.54) is 51.2 Å². The molecule has 6 aromatic carbocycles. The van der Waals surface area contributed by atoms with Crippen LogP contribution < -0.4 is 25.2 Å². The van der Waals surface area contributed by atoms with Gasteiger partial charge in [-0.15, -0.1) is 0 Å². The number of anilines is 9. The van der Waals surface area contributed by atoms with Gasteiger partial charge in [-0.2, -0.15) is 0 Å². The van der Waals surface area contributed by atoms with Crippen LogP contribution in [0.1, 0.15) is 0 Å². The van der Waals surface area contributed by atoms with Crippen molar-refractivity contribution in [1.29, 1.82) is 0 Å². The van der Waals surface area contributed by atoms with Gasteiger partial charge in [-0.25, -0.2) is 0 Å². The summed E-state index contributed by atoms with van der Waals surface area (Å²) in [6.45, 7) is 0. The quantitative estimate of drug-likeness (QED) is 0.189. The van der Waals surface area contributed by atoms with Gasteiger partial charge in [0, 0.05) is 0 Å². The van der Waals surface area contributed by atoms with Gasteiger partial charge in [-0.3, -0.25) is 0 Å². The van der Waals surface area contributed by atoms with E-state index in [0.717, 1.165) is 0 Å². The molecule has 3 aliphatic rings. The third-order valence-electron chi connectivity index (χ3n) is 8.14. The zero-order chi connectivity index (χ0) is 26.2. The molecule has 3 heterocycles. The summed E-state index contributed by atoms with van der Waals surface area (Å²) < 4.78 is 4.64. The van der Waals surface area contributed by atoms with Crippen LogP contribution in [0.5, 0.6) is 0 Å². The Morgan fingerprint density at radius 3 is 0.775 bits per heavy atom. The summed E-state index contributed by atoms with van der Waals surface area (Å²) in [5, 5.41) is 0. The van der Waals surface area contributed by atoms with E-state index in [2.05, 4.69) is 160 Å². The van der Waals surface area contributed by atoms with Crippen LogP contribution in [0.3, 0.4) is 0 Å². The van der Waals surface area contributed by atoms with E-state index < -0.39 is 20.2 Å². The van der Waals surface area contributed by atoms with Gasteiger partial charge in [0.2, 0.25) is 0 Å². The Kier molecular flexibility index (Phi) is 4.76. The van der Waals surface area contributed by atoms with Crippen molar-refractivity contribution in [3.8, 4) is 0 Å². The minimum absolute atomic E-state index is 1.20. The first-order chi connectivity index (χ1) is 19.9. The molecule has 0 unspecified atom stereocenters. The summed E-state index contributed by atoms with van der Waals surface area (Å²) in [4.78, 5) is 7.51. The van der Waals surface area contributed by atoms with Gasteiger partial charge < -0.3 is 0 Å². The zero-order valence-electron chi connectivity index (χ0n) is 21.6. The first kappa shape index (κ1) is 22.4. The Morgan fingerprint density at radius 1 is 0.275 bits per heavy atom. The Hall–Kier alpha value is -4.46. The van der Waals surface area contributed by atoms with E-state index in [-0.39, 0.29) is 0 Å². The molecule has 0 spiro atoms. The van der Waals surface area contributed by atoms with Crippen molar-refractivity contribution in [3.63, 3.8) is 0 Å². The van der Waals surface area contributed by atoms with Crippen LogP contribution in [0.15, 0.2) is 146 Å². The molecule has 0 radical (unpaired) electrons. The second kappa shape index (κ2) is 8.52. The standard InChI is InChI=1S/C36H24N3.Sb/c1-4-13-28(14-5-1)37-31-19-10-21-33(25-31)38(29-15-6-2-7-16-29)35-23-12-24-36(27-35)39(30-17-8-3-9-18-30)34-22-11-20-32(37)26-34;/h1-24H;. The fraction of sp³-hybridized carbons (Fsp3) is 0. The number of para-hydroxylation sites is 3. The van der Waals surface area contributed by atoms with Gasteiger partial charge in [0.15, 0.2) is 0 Å². The van der Waals surface area contributed by atoms with Crippen molar-refractivity contribution in [3.05, 3.63) is 146 Å². The summed E-state index contributed by atoms with van der Waals surface area (Å²) in [6, 6.07) is 53.4. The van der Waals surface area contributed by atoms with Crippen LogP contribution in [0.25, 0.3) is 0 Å². The predicted molar refractivity (Wildman–Crippen MR) is 169 cm³/mol. The molecule has 9 rings (SSSR count). The van der Waals surface area contributed by atoms with Gasteiger partial charge in [0.25, 0.3) is 0 Å². The van der Waals surface area contributed by atoms with E-state index >= 15 is 0 Å². The third-order valence-corrected chi connectivity index (χ3v) is 15.9. The van der Waals surface area contributed by atoms with Gasteiger partial charge in [-0.1, -0.05) is 0 Å². The van der Waals surface area contributed by atoms with E-state index in [4.69, 9.17) is 0 Å². The van der Waals surface area contributed by atoms with Crippen LogP contribution in [0, 0.1) is 0 Å². The normalized spacial score (nSPS) is 14.2. The first-order valence-corrected chi connectivity index (χ1v) is 17.5. The average molecular weight is 620 g/mol. The molecule has 0 amide bonds. The number of hydrogen-bond donors (Lipinski definition) is 0. The summed E-state index contributed by atoms with van der Waals surface area (Å²) >= 11 is -2.46. The summed E-state index contributed by atoms with van der Waals surface area (Å²) in [7, 11) is 0. The van der Waals surface area contributed by atoms with Gasteiger partial charge in [0.1, 0.15) is 0 Å². The monoisotopic (exact) mass is 619 g/mol. The number of benzene rings is 6. The molecule has 0 aliphatic carbocycles. The van der Waals surface area contributed by atoms with E-state index in [1.54, 1.807) is 10.5 Å². The molecule has 40 heavy (non-hydrogen) atoms. The number of hydrogen-bond acceptors (Lipinski definition) is 3. The topological polar surface area (TPSA) is 9.72 Å². The summed E-state index contributed by atoms with van der Waals surface area (Å²) in [5.41, 5.74) is 11.6. The van der Waals surface area contributed by atoms with Crippen molar-refractivity contribution in [1.82, 2.24) is 0 Å². The van der Waals surface area contributed by atoms with Crippen molar-refractivity contribution in [2.45, 2.75) is 0 Å². The maximum atomic E-state index is 2.50. The molecule has 0 atom stereocenters. The molecule has 4 heteroatoms. The Bertz CT molecular complexity index is 1630. The van der Waals surface area contributed by atoms with Crippen LogP contribution in [-0.4, -0.2) is 20.2 Å². The van der Waals surface area contributed by atoms with Crippen molar-refractivity contribution in [2.24, 2.45) is 0 Å². The predicted octanol–water partition coefficient (Wildman–Crippen LogP) is 7.55. The third kappa shape index (κ3) is 2.96. The second-order valence-corrected chi connectivity index (χ2v) is 16.0. The minimum atomic E-state index is -2.46. The van der Waals surface area contributed by atoms with Crippen LogP contribution in [0.4, 0.5) is 51.2 Å². The molecule has 6 aromatic rings. The van der Waals surface area contributed by atoms with Gasteiger partial charge >= 0.3 is 242 Å². The Morgan fingerprint density at radius 2 is 0.525 bits per heavy atom. The Balaban J connectivity index is 1.44. The molecule has 0 saturated heterocycles. The molecule has 0 bridgehead atoms. The maximum absolute atomic E-state index is 2.50. The second-order valence-electron chi connectivity index (χ2n) is 10.3. The van der Waals surface area contributed by atoms with Crippen molar-refractivity contribution < 1.29 is 0 Å². The fourth-order valence-electron chi connectivity index (χ4n) is 6.62. The summed E-state index contributed by atoms with van der Waals surface area (Å²) in [5.74, 6) is 0. The van der Waals surface area contributed by atoms with Gasteiger partial charge in [-0.05, 0) is 0 Å². The first-order valence-electron chi connectivity index (χ1n) is 13.6. The molecule has 3 nitrogen and oxygen atoms in total. The van der Waals surface area contributed by atoms with Crippen LogP contribution in [-0.2, 0) is 0 Å². The fourth-order valence-corrected chi connectivity index (χ4v) is 15.4. The van der Waals surface area contributed by atoms with Gasteiger partial charge in [0.05, 0.1) is 0 Å². The molecular formula is C36H24N3Sb. The molecule has 3 aliphatic heterocycles. The number of rotatable bonds is 3. The van der Waals surface area contributed by atoms with Crippen LogP contribution in [0.2, 0.25) is 0 Å². The van der Waals surface area contributed by atoms with E-state index in [0.29, 0.717) is 0 Å². The Labute approximate surface area is 241 Å². The van der Waals surface area contributed by atoms with Crippen LogP contribution >= 0.6 is 0 Å². The van der Waals surface area contributed by atoms with Crippen molar-refractivity contribution in [2.75, 3.05) is 14.7 Å². The molecule has 0 saturated carbocycles. The summed E-state index contributed by atoms with van der Waals surface area (Å²) in [6.07, 6.45) is 0. The van der Waals surface area contributed by atoms with E-state index in [9.17, 15) is 0 Å². The molecule has 188 valence electrons. The average Bonchev–Trinajstić information content (AvgIpc) is 3.03. The zero-order valence-corrected chi connectivity index (χ0v) is 24.2. The molecule has 0 aromatic heterocycles. The molecule has 0 fully saturated rings. The molecule has 0 N–H and O–H groups in total. The SMILES string of the molecule is c1ccc(N2c3cccc4[c]3[Sb]3[c]5c2cccc5N(c2ccccc2)c2cccc([c]23)N4c2ccccc2)cc1. The van der Waals surface area contributed by atoms with Crippen molar-refractivity contribution >= 4 is 81.9 Å². The molecular weight excluding hydrogens is 596 g/mol. The van der Waals surface area contributed by atoms with E-state index in [1.807, 2.05) is 0 Å².